The fourth-order valence-corrected chi connectivity index (χ4v) is 3.54. The van der Waals surface area contributed by atoms with Crippen LogP contribution in [0.3, 0.4) is 0 Å². The van der Waals surface area contributed by atoms with Crippen LogP contribution in [-0.4, -0.2) is 29.9 Å². The summed E-state index contributed by atoms with van der Waals surface area (Å²) in [5.74, 6) is -0.975. The number of amides is 1. The average Bonchev–Trinajstić information content (AvgIpc) is 2.96. The Morgan fingerprint density at radius 3 is 2.67 bits per heavy atom. The summed E-state index contributed by atoms with van der Waals surface area (Å²) in [6.45, 7) is 0.630. The van der Waals surface area contributed by atoms with Gasteiger partial charge in [-0.15, -0.1) is 0 Å². The molecule has 0 aliphatic carbocycles. The van der Waals surface area contributed by atoms with Crippen molar-refractivity contribution in [1.29, 1.82) is 0 Å². The van der Waals surface area contributed by atoms with E-state index in [4.69, 9.17) is 0 Å². The predicted molar refractivity (Wildman–Crippen MR) is 87.0 cm³/mol. The monoisotopic (exact) mass is 326 g/mol. The van der Waals surface area contributed by atoms with Crippen molar-refractivity contribution < 1.29 is 13.6 Å². The van der Waals surface area contributed by atoms with Gasteiger partial charge in [-0.1, -0.05) is 36.4 Å². The van der Waals surface area contributed by atoms with Crippen molar-refractivity contribution in [2.24, 2.45) is 0 Å². The number of carbonyl (C=O) groups is 1. The van der Waals surface area contributed by atoms with Crippen LogP contribution in [0, 0.1) is 11.6 Å². The highest BCUT2D eigenvalue weighted by Crippen LogP contribution is 2.40. The Bertz CT molecular complexity index is 819. The smallest absolute Gasteiger partial charge is 0.234 e. The zero-order valence-corrected chi connectivity index (χ0v) is 12.9. The summed E-state index contributed by atoms with van der Waals surface area (Å²) in [6.07, 6.45) is 1.94. The van der Waals surface area contributed by atoms with Crippen molar-refractivity contribution in [3.8, 4) is 0 Å². The van der Waals surface area contributed by atoms with Gasteiger partial charge in [0.2, 0.25) is 5.91 Å². The van der Waals surface area contributed by atoms with Gasteiger partial charge in [0.25, 0.3) is 0 Å². The summed E-state index contributed by atoms with van der Waals surface area (Å²) >= 11 is 0. The number of rotatable bonds is 2. The molecular formula is C19H16F2N2O. The van der Waals surface area contributed by atoms with Crippen LogP contribution in [0.15, 0.2) is 54.6 Å². The largest absolute Gasteiger partial charge is 0.353 e. The Morgan fingerprint density at radius 2 is 1.88 bits per heavy atom. The lowest BCUT2D eigenvalue weighted by Crippen LogP contribution is -2.53. The van der Waals surface area contributed by atoms with Gasteiger partial charge < -0.3 is 5.32 Å². The van der Waals surface area contributed by atoms with Crippen LogP contribution in [0.5, 0.6) is 0 Å². The maximum atomic E-state index is 14.3. The van der Waals surface area contributed by atoms with Gasteiger partial charge in [-0.25, -0.2) is 8.78 Å². The standard InChI is InChI=1S/C19H16F2N2O/c20-13-6-7-16(21)14(8-13)15-9-17(12-4-2-1-3-5-12)23-11-19(24)22-10-18(15)23/h1-9,17-18H,10-11H2,(H,22,24)/t17-,18-/m1/s1. The maximum absolute atomic E-state index is 14.3. The van der Waals surface area contributed by atoms with Gasteiger partial charge in [-0.2, -0.15) is 0 Å². The highest BCUT2D eigenvalue weighted by molar-refractivity contribution is 5.83. The van der Waals surface area contributed by atoms with Gasteiger partial charge in [0, 0.05) is 12.1 Å². The molecule has 2 heterocycles. The first-order valence-corrected chi connectivity index (χ1v) is 7.88. The van der Waals surface area contributed by atoms with E-state index in [0.717, 1.165) is 23.3 Å². The maximum Gasteiger partial charge on any atom is 0.234 e. The molecule has 1 N–H and O–H groups in total. The van der Waals surface area contributed by atoms with Crippen molar-refractivity contribution in [3.63, 3.8) is 0 Å². The third-order valence-corrected chi connectivity index (χ3v) is 4.65. The molecule has 2 aromatic rings. The van der Waals surface area contributed by atoms with E-state index in [-0.39, 0.29) is 30.1 Å². The molecule has 0 bridgehead atoms. The lowest BCUT2D eigenvalue weighted by Gasteiger charge is -2.35. The Kier molecular flexibility index (Phi) is 3.65. The molecule has 1 saturated heterocycles. The van der Waals surface area contributed by atoms with E-state index in [1.165, 1.54) is 6.07 Å². The van der Waals surface area contributed by atoms with E-state index >= 15 is 0 Å². The van der Waals surface area contributed by atoms with Crippen LogP contribution >= 0.6 is 0 Å². The van der Waals surface area contributed by atoms with Crippen molar-refractivity contribution >= 4 is 11.5 Å². The number of benzene rings is 2. The predicted octanol–water partition coefficient (Wildman–Crippen LogP) is 2.90. The molecular weight excluding hydrogens is 310 g/mol. The quantitative estimate of drug-likeness (QED) is 0.920. The molecule has 2 atom stereocenters. The minimum Gasteiger partial charge on any atom is -0.353 e. The molecule has 0 radical (unpaired) electrons. The molecule has 122 valence electrons. The number of carbonyl (C=O) groups excluding carboxylic acids is 1. The molecule has 4 rings (SSSR count). The lowest BCUT2D eigenvalue weighted by atomic mass is 9.98. The summed E-state index contributed by atoms with van der Waals surface area (Å²) in [4.78, 5) is 13.9. The van der Waals surface area contributed by atoms with Gasteiger partial charge >= 0.3 is 0 Å². The van der Waals surface area contributed by atoms with E-state index < -0.39 is 11.6 Å². The van der Waals surface area contributed by atoms with Gasteiger partial charge in [0.05, 0.1) is 18.6 Å². The molecule has 2 aliphatic heterocycles. The van der Waals surface area contributed by atoms with Crippen LogP contribution in [0.25, 0.3) is 5.57 Å². The molecule has 1 amide bonds. The molecule has 0 saturated carbocycles. The molecule has 0 unspecified atom stereocenters. The van der Waals surface area contributed by atoms with Crippen LogP contribution < -0.4 is 5.32 Å². The molecule has 0 spiro atoms. The Morgan fingerprint density at radius 1 is 1.08 bits per heavy atom. The van der Waals surface area contributed by atoms with Crippen LogP contribution in [0.1, 0.15) is 17.2 Å². The number of halogens is 2. The summed E-state index contributed by atoms with van der Waals surface area (Å²) in [6, 6.07) is 13.0. The topological polar surface area (TPSA) is 32.3 Å². The van der Waals surface area contributed by atoms with Crippen LogP contribution in [-0.2, 0) is 4.79 Å². The highest BCUT2D eigenvalue weighted by Gasteiger charge is 2.40. The molecule has 3 nitrogen and oxygen atoms in total. The zero-order chi connectivity index (χ0) is 16.7. The van der Waals surface area contributed by atoms with Crippen LogP contribution in [0.2, 0.25) is 0 Å². The zero-order valence-electron chi connectivity index (χ0n) is 12.9. The second-order valence-electron chi connectivity index (χ2n) is 6.09. The fourth-order valence-electron chi connectivity index (χ4n) is 3.54. The number of hydrogen-bond donors (Lipinski definition) is 1. The second kappa shape index (κ2) is 5.83. The summed E-state index contributed by atoms with van der Waals surface area (Å²) in [5, 5.41) is 2.82. The number of hydrogen-bond acceptors (Lipinski definition) is 2. The minimum absolute atomic E-state index is 0.0541. The molecule has 24 heavy (non-hydrogen) atoms. The number of nitrogens with zero attached hydrogens (tertiary/aromatic N) is 1. The molecule has 2 aliphatic rings. The molecule has 0 aromatic heterocycles. The van der Waals surface area contributed by atoms with E-state index in [1.54, 1.807) is 0 Å². The van der Waals surface area contributed by atoms with Crippen molar-refractivity contribution in [3.05, 3.63) is 77.4 Å². The highest BCUT2D eigenvalue weighted by atomic mass is 19.1. The molecule has 2 aromatic carbocycles. The number of piperazine rings is 1. The van der Waals surface area contributed by atoms with Crippen molar-refractivity contribution in [1.82, 2.24) is 10.2 Å². The first-order valence-electron chi connectivity index (χ1n) is 7.88. The second-order valence-corrected chi connectivity index (χ2v) is 6.09. The van der Waals surface area contributed by atoms with Crippen molar-refractivity contribution in [2.45, 2.75) is 12.1 Å². The fraction of sp³-hybridized carbons (Fsp3) is 0.211. The summed E-state index contributed by atoms with van der Waals surface area (Å²) in [5.41, 5.74) is 2.02. The lowest BCUT2D eigenvalue weighted by molar-refractivity contribution is -0.125. The first-order chi connectivity index (χ1) is 11.6. The average molecular weight is 326 g/mol. The molecule has 5 heteroatoms. The molecule has 1 fully saturated rings. The first kappa shape index (κ1) is 15.0. The normalized spacial score (nSPS) is 23.6. The van der Waals surface area contributed by atoms with E-state index in [0.29, 0.717) is 6.54 Å². The van der Waals surface area contributed by atoms with E-state index in [1.807, 2.05) is 41.3 Å². The number of nitrogens with one attached hydrogen (secondary N) is 1. The summed E-state index contributed by atoms with van der Waals surface area (Å²) in [7, 11) is 0. The minimum atomic E-state index is -0.471. The Labute approximate surface area is 138 Å². The van der Waals surface area contributed by atoms with Crippen molar-refractivity contribution in [2.75, 3.05) is 13.1 Å². The SMILES string of the molecule is O=C1CN2[C@H](CN1)C(c1cc(F)ccc1F)=C[C@@H]2c1ccccc1. The Balaban J connectivity index is 1.81. The third-order valence-electron chi connectivity index (χ3n) is 4.65. The third kappa shape index (κ3) is 2.51. The van der Waals surface area contributed by atoms with Gasteiger partial charge in [0.1, 0.15) is 11.6 Å². The van der Waals surface area contributed by atoms with Gasteiger partial charge in [0.15, 0.2) is 0 Å². The van der Waals surface area contributed by atoms with Crippen LogP contribution in [0.4, 0.5) is 8.78 Å². The van der Waals surface area contributed by atoms with Gasteiger partial charge in [-0.3, -0.25) is 9.69 Å². The van der Waals surface area contributed by atoms with Gasteiger partial charge in [-0.05, 0) is 29.3 Å². The van der Waals surface area contributed by atoms with E-state index in [9.17, 15) is 13.6 Å². The van der Waals surface area contributed by atoms with E-state index in [2.05, 4.69) is 5.32 Å². The Hall–Kier alpha value is -2.53. The number of fused-ring (bicyclic) bond motifs is 1. The summed E-state index contributed by atoms with van der Waals surface area (Å²) < 4.78 is 27.9.